The summed E-state index contributed by atoms with van der Waals surface area (Å²) < 4.78 is 5.34. The normalized spacial score (nSPS) is 11.2. The van der Waals surface area contributed by atoms with E-state index in [2.05, 4.69) is 63.4 Å². The van der Waals surface area contributed by atoms with Crippen molar-refractivity contribution in [3.05, 3.63) is 60.4 Å². The molecule has 25 heavy (non-hydrogen) atoms. The van der Waals surface area contributed by atoms with E-state index in [-0.39, 0.29) is 0 Å². The van der Waals surface area contributed by atoms with Crippen molar-refractivity contribution in [3.63, 3.8) is 0 Å². The maximum Gasteiger partial charge on any atom is 0.276 e. The monoisotopic (exact) mass is 331 g/mol. The second-order valence-electron chi connectivity index (χ2n) is 6.11. The van der Waals surface area contributed by atoms with Crippen molar-refractivity contribution in [1.82, 2.24) is 25.3 Å². The molecular weight excluding hydrogens is 314 g/mol. The van der Waals surface area contributed by atoms with Crippen molar-refractivity contribution >= 4 is 0 Å². The molecule has 3 aromatic heterocycles. The molecular formula is C19H17N5O. The van der Waals surface area contributed by atoms with E-state index >= 15 is 0 Å². The Labute approximate surface area is 144 Å². The van der Waals surface area contributed by atoms with Gasteiger partial charge >= 0.3 is 0 Å². The van der Waals surface area contributed by atoms with Gasteiger partial charge in [-0.05, 0) is 29.7 Å². The molecule has 6 heteroatoms. The summed E-state index contributed by atoms with van der Waals surface area (Å²) in [5.74, 6) is 1.41. The van der Waals surface area contributed by atoms with Gasteiger partial charge in [-0.25, -0.2) is 0 Å². The number of rotatable bonds is 4. The van der Waals surface area contributed by atoms with Crippen LogP contribution in [0.15, 0.2) is 59.4 Å². The lowest BCUT2D eigenvalue weighted by Crippen LogP contribution is -1.86. The lowest BCUT2D eigenvalue weighted by atomic mass is 10.0. The topological polar surface area (TPSA) is 80.5 Å². The Bertz CT molecular complexity index is 970. The van der Waals surface area contributed by atoms with E-state index in [1.807, 2.05) is 18.2 Å². The standard InChI is InChI=1S/C19H17N5O/c1-12(2)13-5-7-14(8-6-13)16-10-17(23-22-16)19-21-18(24-25-19)15-4-3-9-20-11-15/h3-12H,1-2H3,(H,22,23). The molecule has 0 fully saturated rings. The van der Waals surface area contributed by atoms with Crippen LogP contribution in [-0.2, 0) is 0 Å². The van der Waals surface area contributed by atoms with Gasteiger partial charge in [0.15, 0.2) is 0 Å². The minimum Gasteiger partial charge on any atom is -0.332 e. The number of H-pyrrole nitrogens is 1. The molecule has 0 bridgehead atoms. The third-order valence-electron chi connectivity index (χ3n) is 4.03. The van der Waals surface area contributed by atoms with Gasteiger partial charge in [-0.3, -0.25) is 10.1 Å². The molecule has 0 aliphatic rings. The number of nitrogens with one attached hydrogen (secondary N) is 1. The van der Waals surface area contributed by atoms with Crippen molar-refractivity contribution in [2.45, 2.75) is 19.8 Å². The van der Waals surface area contributed by atoms with Crippen molar-refractivity contribution in [2.24, 2.45) is 0 Å². The fraction of sp³-hybridized carbons (Fsp3) is 0.158. The quantitative estimate of drug-likeness (QED) is 0.602. The van der Waals surface area contributed by atoms with E-state index in [4.69, 9.17) is 4.52 Å². The van der Waals surface area contributed by atoms with Gasteiger partial charge < -0.3 is 4.52 Å². The van der Waals surface area contributed by atoms with E-state index in [1.165, 1.54) is 5.56 Å². The zero-order valence-electron chi connectivity index (χ0n) is 14.0. The van der Waals surface area contributed by atoms with Crippen LogP contribution in [0.1, 0.15) is 25.3 Å². The maximum absolute atomic E-state index is 5.34. The largest absolute Gasteiger partial charge is 0.332 e. The lowest BCUT2D eigenvalue weighted by molar-refractivity contribution is 0.431. The highest BCUT2D eigenvalue weighted by molar-refractivity contribution is 5.65. The highest BCUT2D eigenvalue weighted by Gasteiger charge is 2.14. The van der Waals surface area contributed by atoms with E-state index in [9.17, 15) is 0 Å². The Balaban J connectivity index is 1.60. The highest BCUT2D eigenvalue weighted by atomic mass is 16.5. The van der Waals surface area contributed by atoms with Crippen LogP contribution in [0.3, 0.4) is 0 Å². The van der Waals surface area contributed by atoms with Gasteiger partial charge in [-0.2, -0.15) is 10.1 Å². The molecule has 1 aromatic carbocycles. The van der Waals surface area contributed by atoms with Crippen molar-refractivity contribution in [3.8, 4) is 34.2 Å². The van der Waals surface area contributed by atoms with E-state index in [1.54, 1.807) is 12.4 Å². The first-order valence-corrected chi connectivity index (χ1v) is 8.11. The molecule has 0 radical (unpaired) electrons. The average Bonchev–Trinajstić information content (AvgIpc) is 3.32. The van der Waals surface area contributed by atoms with Gasteiger partial charge in [-0.15, -0.1) is 0 Å². The molecule has 0 atom stereocenters. The Kier molecular flexibility index (Phi) is 3.85. The number of nitrogens with zero attached hydrogens (tertiary/aromatic N) is 4. The zero-order valence-corrected chi connectivity index (χ0v) is 14.0. The number of benzene rings is 1. The molecule has 0 unspecified atom stereocenters. The maximum atomic E-state index is 5.34. The molecule has 0 spiro atoms. The fourth-order valence-electron chi connectivity index (χ4n) is 2.56. The van der Waals surface area contributed by atoms with Crippen LogP contribution >= 0.6 is 0 Å². The van der Waals surface area contributed by atoms with Crippen LogP contribution in [0.5, 0.6) is 0 Å². The summed E-state index contributed by atoms with van der Waals surface area (Å²) in [5.41, 5.74) is 4.68. The summed E-state index contributed by atoms with van der Waals surface area (Å²) in [7, 11) is 0. The van der Waals surface area contributed by atoms with Crippen molar-refractivity contribution < 1.29 is 4.52 Å². The Morgan fingerprint density at radius 2 is 1.88 bits per heavy atom. The summed E-state index contributed by atoms with van der Waals surface area (Å²) in [6, 6.07) is 14.0. The van der Waals surface area contributed by atoms with Crippen LogP contribution in [0.2, 0.25) is 0 Å². The van der Waals surface area contributed by atoms with Gasteiger partial charge in [0.2, 0.25) is 5.82 Å². The third kappa shape index (κ3) is 3.06. The van der Waals surface area contributed by atoms with E-state index in [0.29, 0.717) is 23.3 Å². The molecule has 6 nitrogen and oxygen atoms in total. The summed E-state index contributed by atoms with van der Waals surface area (Å²) in [4.78, 5) is 8.47. The Hall–Kier alpha value is -3.28. The third-order valence-corrected chi connectivity index (χ3v) is 4.03. The van der Waals surface area contributed by atoms with E-state index in [0.717, 1.165) is 16.8 Å². The van der Waals surface area contributed by atoms with Gasteiger partial charge in [0.05, 0.1) is 5.69 Å². The fourth-order valence-corrected chi connectivity index (χ4v) is 2.56. The first kappa shape index (κ1) is 15.3. The number of aromatic amines is 1. The number of hydrogen-bond donors (Lipinski definition) is 1. The predicted molar refractivity (Wildman–Crippen MR) is 94.6 cm³/mol. The first-order chi connectivity index (χ1) is 12.2. The second-order valence-corrected chi connectivity index (χ2v) is 6.11. The molecule has 0 aliphatic carbocycles. The average molecular weight is 331 g/mol. The first-order valence-electron chi connectivity index (χ1n) is 8.11. The molecule has 3 heterocycles. The molecule has 0 amide bonds. The second kappa shape index (κ2) is 6.32. The SMILES string of the molecule is CC(C)c1ccc(-c2cc(-c3nc(-c4cccnc4)no3)[nH]n2)cc1. The van der Waals surface area contributed by atoms with E-state index < -0.39 is 0 Å². The van der Waals surface area contributed by atoms with Crippen molar-refractivity contribution in [2.75, 3.05) is 0 Å². The molecule has 4 rings (SSSR count). The molecule has 0 saturated carbocycles. The van der Waals surface area contributed by atoms with Gasteiger partial charge in [-0.1, -0.05) is 43.3 Å². The van der Waals surface area contributed by atoms with Gasteiger partial charge in [0.1, 0.15) is 5.69 Å². The Morgan fingerprint density at radius 1 is 1.04 bits per heavy atom. The lowest BCUT2D eigenvalue weighted by Gasteiger charge is -2.05. The van der Waals surface area contributed by atoms with Crippen LogP contribution in [0.4, 0.5) is 0 Å². The molecule has 0 saturated heterocycles. The van der Waals surface area contributed by atoms with Crippen LogP contribution < -0.4 is 0 Å². The summed E-state index contributed by atoms with van der Waals surface area (Å²) >= 11 is 0. The minimum atomic E-state index is 0.399. The summed E-state index contributed by atoms with van der Waals surface area (Å²) in [6.45, 7) is 4.36. The highest BCUT2D eigenvalue weighted by Crippen LogP contribution is 2.26. The molecule has 1 N–H and O–H groups in total. The van der Waals surface area contributed by atoms with Gasteiger partial charge in [0, 0.05) is 23.5 Å². The predicted octanol–water partition coefficient (Wildman–Crippen LogP) is 4.31. The Morgan fingerprint density at radius 3 is 2.60 bits per heavy atom. The van der Waals surface area contributed by atoms with Crippen LogP contribution in [0.25, 0.3) is 34.2 Å². The van der Waals surface area contributed by atoms with Gasteiger partial charge in [0.25, 0.3) is 5.89 Å². The number of hydrogen-bond acceptors (Lipinski definition) is 5. The molecule has 0 aliphatic heterocycles. The summed E-state index contributed by atoms with van der Waals surface area (Å²) in [6.07, 6.45) is 3.40. The molecule has 4 aromatic rings. The van der Waals surface area contributed by atoms with Crippen molar-refractivity contribution in [1.29, 1.82) is 0 Å². The minimum absolute atomic E-state index is 0.399. The van der Waals surface area contributed by atoms with Crippen LogP contribution in [-0.4, -0.2) is 25.3 Å². The number of aromatic nitrogens is 5. The number of pyridine rings is 1. The smallest absolute Gasteiger partial charge is 0.276 e. The van der Waals surface area contributed by atoms with Crippen LogP contribution in [0, 0.1) is 0 Å². The summed E-state index contributed by atoms with van der Waals surface area (Å²) in [5, 5.41) is 11.3. The zero-order chi connectivity index (χ0) is 17.2. The molecule has 124 valence electrons.